The lowest BCUT2D eigenvalue weighted by Crippen LogP contribution is -2.25. The maximum Gasteiger partial charge on any atom is 0.259 e. The number of aromatic nitrogens is 4. The second-order valence-electron chi connectivity index (χ2n) is 5.49. The molecule has 1 N–H and O–H groups in total. The molecule has 0 atom stereocenters. The summed E-state index contributed by atoms with van der Waals surface area (Å²) >= 11 is 0. The fourth-order valence-corrected chi connectivity index (χ4v) is 2.99. The largest absolute Gasteiger partial charge is 0.337 e. The van der Waals surface area contributed by atoms with Crippen molar-refractivity contribution in [1.29, 1.82) is 0 Å². The van der Waals surface area contributed by atoms with Crippen LogP contribution in [-0.4, -0.2) is 27.5 Å². The van der Waals surface area contributed by atoms with Gasteiger partial charge in [-0.15, -0.1) is 0 Å². The Hall–Kier alpha value is -1.67. The van der Waals surface area contributed by atoms with E-state index in [-0.39, 0.29) is 11.6 Å². The van der Waals surface area contributed by atoms with Crippen molar-refractivity contribution in [1.82, 2.24) is 23.8 Å². The molecule has 0 spiro atoms. The van der Waals surface area contributed by atoms with Crippen molar-refractivity contribution in [2.75, 3.05) is 0 Å². The summed E-state index contributed by atoms with van der Waals surface area (Å²) < 4.78 is 30.6. The lowest BCUT2D eigenvalue weighted by Gasteiger charge is -2.11. The van der Waals surface area contributed by atoms with E-state index in [1.54, 1.807) is 31.1 Å². The van der Waals surface area contributed by atoms with Crippen molar-refractivity contribution < 1.29 is 8.42 Å². The Kier molecular flexibility index (Phi) is 4.48. The quantitative estimate of drug-likeness (QED) is 0.865. The second-order valence-corrected chi connectivity index (χ2v) is 7.21. The van der Waals surface area contributed by atoms with Crippen LogP contribution in [0.5, 0.6) is 0 Å². The Morgan fingerprint density at radius 2 is 2.10 bits per heavy atom. The van der Waals surface area contributed by atoms with Crippen molar-refractivity contribution in [3.63, 3.8) is 0 Å². The highest BCUT2D eigenvalue weighted by Crippen LogP contribution is 2.09. The second kappa shape index (κ2) is 5.98. The highest BCUT2D eigenvalue weighted by molar-refractivity contribution is 7.89. The van der Waals surface area contributed by atoms with Gasteiger partial charge in [0.25, 0.3) is 10.0 Å². The minimum absolute atomic E-state index is 0.0393. The summed E-state index contributed by atoms with van der Waals surface area (Å²) in [5, 5.41) is 0.0393. The molecule has 2 rings (SSSR count). The average Bonchev–Trinajstić information content (AvgIpc) is 2.95. The van der Waals surface area contributed by atoms with E-state index in [0.29, 0.717) is 11.7 Å². The van der Waals surface area contributed by atoms with E-state index in [1.165, 1.54) is 6.20 Å². The molecule has 0 amide bonds. The maximum absolute atomic E-state index is 12.2. The van der Waals surface area contributed by atoms with E-state index in [0.717, 1.165) is 12.2 Å². The van der Waals surface area contributed by atoms with E-state index in [1.807, 2.05) is 4.57 Å². The monoisotopic (exact) mass is 311 g/mol. The fourth-order valence-electron chi connectivity index (χ4n) is 1.95. The third kappa shape index (κ3) is 3.70. The van der Waals surface area contributed by atoms with Crippen molar-refractivity contribution >= 4 is 10.0 Å². The highest BCUT2D eigenvalue weighted by atomic mass is 32.2. The number of sulfonamides is 1. The van der Waals surface area contributed by atoms with E-state index in [4.69, 9.17) is 0 Å². The van der Waals surface area contributed by atoms with Crippen LogP contribution >= 0.6 is 0 Å². The van der Waals surface area contributed by atoms with Gasteiger partial charge in [0.05, 0.1) is 18.6 Å². The van der Waals surface area contributed by atoms with Gasteiger partial charge >= 0.3 is 0 Å². The smallest absolute Gasteiger partial charge is 0.259 e. The Labute approximate surface area is 125 Å². The van der Waals surface area contributed by atoms with Crippen LogP contribution in [0.25, 0.3) is 0 Å². The number of rotatable bonds is 6. The third-order valence-electron chi connectivity index (χ3n) is 3.17. The molecule has 0 saturated carbocycles. The molecule has 0 saturated heterocycles. The number of nitrogens with one attached hydrogen (secondary N) is 1. The van der Waals surface area contributed by atoms with Crippen LogP contribution in [-0.2, 0) is 30.2 Å². The molecule has 21 heavy (non-hydrogen) atoms. The Morgan fingerprint density at radius 3 is 2.67 bits per heavy atom. The standard InChI is InChI=1S/C13H21N5O2S/c1-10(2)7-18-9-14-5-12(18)6-15-21(19,20)13-8-17(4)11(3)16-13/h5,8-10,15H,6-7H2,1-4H3. The molecule has 0 bridgehead atoms. The van der Waals surface area contributed by atoms with Gasteiger partial charge in [-0.3, -0.25) is 0 Å². The summed E-state index contributed by atoms with van der Waals surface area (Å²) in [6, 6.07) is 0. The molecular formula is C13H21N5O2S. The third-order valence-corrected chi connectivity index (χ3v) is 4.44. The summed E-state index contributed by atoms with van der Waals surface area (Å²) in [5.41, 5.74) is 0.833. The molecule has 2 aromatic rings. The van der Waals surface area contributed by atoms with Gasteiger partial charge in [0.1, 0.15) is 5.82 Å². The molecule has 0 radical (unpaired) electrons. The number of hydrogen-bond donors (Lipinski definition) is 1. The molecule has 7 nitrogen and oxygen atoms in total. The SMILES string of the molecule is Cc1nc(S(=O)(=O)NCc2cncn2CC(C)C)cn1C. The lowest BCUT2D eigenvalue weighted by molar-refractivity contribution is 0.506. The number of nitrogens with zero attached hydrogens (tertiary/aromatic N) is 4. The molecule has 0 unspecified atom stereocenters. The topological polar surface area (TPSA) is 81.8 Å². The summed E-state index contributed by atoms with van der Waals surface area (Å²) in [7, 11) is -1.84. The van der Waals surface area contributed by atoms with Gasteiger partial charge in [0, 0.05) is 26.0 Å². The Bertz CT molecular complexity index is 695. The molecule has 0 aliphatic carbocycles. The van der Waals surface area contributed by atoms with Crippen LogP contribution in [0.3, 0.4) is 0 Å². The molecular weight excluding hydrogens is 290 g/mol. The fraction of sp³-hybridized carbons (Fsp3) is 0.538. The van der Waals surface area contributed by atoms with Crippen molar-refractivity contribution in [2.24, 2.45) is 13.0 Å². The van der Waals surface area contributed by atoms with Crippen LogP contribution < -0.4 is 4.72 Å². The number of aryl methyl sites for hydroxylation is 2. The minimum Gasteiger partial charge on any atom is -0.337 e. The van der Waals surface area contributed by atoms with Crippen LogP contribution in [0, 0.1) is 12.8 Å². The Balaban J connectivity index is 2.10. The highest BCUT2D eigenvalue weighted by Gasteiger charge is 2.18. The van der Waals surface area contributed by atoms with E-state index >= 15 is 0 Å². The zero-order chi connectivity index (χ0) is 15.6. The molecule has 0 aliphatic rings. The van der Waals surface area contributed by atoms with Crippen LogP contribution in [0.2, 0.25) is 0 Å². The summed E-state index contributed by atoms with van der Waals surface area (Å²) in [6.45, 7) is 6.97. The maximum atomic E-state index is 12.2. The minimum atomic E-state index is -3.61. The van der Waals surface area contributed by atoms with Gasteiger partial charge < -0.3 is 9.13 Å². The van der Waals surface area contributed by atoms with Gasteiger partial charge in [-0.25, -0.2) is 23.1 Å². The van der Waals surface area contributed by atoms with Crippen LogP contribution in [0.4, 0.5) is 0 Å². The van der Waals surface area contributed by atoms with Gasteiger partial charge in [-0.2, -0.15) is 0 Å². The predicted molar refractivity (Wildman–Crippen MR) is 79.0 cm³/mol. The van der Waals surface area contributed by atoms with Crippen molar-refractivity contribution in [3.8, 4) is 0 Å². The zero-order valence-corrected chi connectivity index (χ0v) is 13.6. The van der Waals surface area contributed by atoms with Crippen molar-refractivity contribution in [3.05, 3.63) is 30.2 Å². The van der Waals surface area contributed by atoms with Gasteiger partial charge in [0.15, 0.2) is 5.03 Å². The number of imidazole rings is 2. The first-order valence-electron chi connectivity index (χ1n) is 6.78. The molecule has 0 aliphatic heterocycles. The predicted octanol–water partition coefficient (Wildman–Crippen LogP) is 1.06. The first-order valence-corrected chi connectivity index (χ1v) is 8.26. The van der Waals surface area contributed by atoms with Crippen LogP contribution in [0.15, 0.2) is 23.7 Å². The molecule has 0 aromatic carbocycles. The number of hydrogen-bond acceptors (Lipinski definition) is 4. The summed E-state index contributed by atoms with van der Waals surface area (Å²) in [6.07, 6.45) is 4.90. The van der Waals surface area contributed by atoms with Gasteiger partial charge in [0.2, 0.25) is 0 Å². The normalized spacial score (nSPS) is 12.2. The molecule has 8 heteroatoms. The first-order chi connectivity index (χ1) is 9.79. The van der Waals surface area contributed by atoms with Crippen LogP contribution in [0.1, 0.15) is 25.4 Å². The van der Waals surface area contributed by atoms with Gasteiger partial charge in [-0.05, 0) is 12.8 Å². The van der Waals surface area contributed by atoms with Gasteiger partial charge in [-0.1, -0.05) is 13.8 Å². The van der Waals surface area contributed by atoms with E-state index < -0.39 is 10.0 Å². The molecule has 116 valence electrons. The summed E-state index contributed by atoms with van der Waals surface area (Å²) in [5.74, 6) is 1.12. The zero-order valence-electron chi connectivity index (χ0n) is 12.7. The first kappa shape index (κ1) is 15.7. The molecule has 2 aromatic heterocycles. The van der Waals surface area contributed by atoms with Crippen molar-refractivity contribution in [2.45, 2.75) is 38.9 Å². The average molecular weight is 311 g/mol. The summed E-state index contributed by atoms with van der Waals surface area (Å²) in [4.78, 5) is 8.12. The molecule has 2 heterocycles. The van der Waals surface area contributed by atoms with E-state index in [2.05, 4.69) is 28.5 Å². The lowest BCUT2D eigenvalue weighted by atomic mass is 10.2. The molecule has 0 fully saturated rings. The Morgan fingerprint density at radius 1 is 1.38 bits per heavy atom. The van der Waals surface area contributed by atoms with E-state index in [9.17, 15) is 8.42 Å².